The van der Waals surface area contributed by atoms with Crippen molar-refractivity contribution >= 4 is 17.5 Å². The number of hydrogen-bond acceptors (Lipinski definition) is 5. The number of aromatic nitrogens is 3. The molecule has 1 atom stereocenters. The van der Waals surface area contributed by atoms with Crippen molar-refractivity contribution in [2.45, 2.75) is 25.8 Å². The fraction of sp³-hybridized carbons (Fsp3) is 0.250. The highest BCUT2D eigenvalue weighted by molar-refractivity contribution is 5.63. The van der Waals surface area contributed by atoms with Crippen molar-refractivity contribution in [3.05, 3.63) is 71.9 Å². The van der Waals surface area contributed by atoms with Crippen LogP contribution in [-0.2, 0) is 6.42 Å². The molecule has 0 saturated carbocycles. The molecule has 0 bridgehead atoms. The van der Waals surface area contributed by atoms with E-state index in [0.717, 1.165) is 25.2 Å². The van der Waals surface area contributed by atoms with Gasteiger partial charge >= 0.3 is 0 Å². The second-order valence-corrected chi connectivity index (χ2v) is 6.30. The second-order valence-electron chi connectivity index (χ2n) is 6.30. The number of anilines is 3. The summed E-state index contributed by atoms with van der Waals surface area (Å²) in [5.74, 6) is 1.39. The lowest BCUT2D eigenvalue weighted by molar-refractivity contribution is 0.739. The Kier molecular flexibility index (Phi) is 4.29. The molecule has 5 heteroatoms. The number of fused-ring (bicyclic) bond motifs is 1. The van der Waals surface area contributed by atoms with Gasteiger partial charge in [0.2, 0.25) is 0 Å². The van der Waals surface area contributed by atoms with Crippen LogP contribution < -0.4 is 10.2 Å². The minimum absolute atomic E-state index is 0.152. The molecule has 0 radical (unpaired) electrons. The van der Waals surface area contributed by atoms with Gasteiger partial charge in [-0.3, -0.25) is 0 Å². The zero-order valence-electron chi connectivity index (χ0n) is 14.3. The minimum atomic E-state index is 0.152. The third-order valence-electron chi connectivity index (χ3n) is 4.56. The zero-order chi connectivity index (χ0) is 17.1. The molecule has 1 aliphatic heterocycles. The van der Waals surface area contributed by atoms with Crippen LogP contribution in [0.25, 0.3) is 0 Å². The summed E-state index contributed by atoms with van der Waals surface area (Å²) in [6.45, 7) is 3.03. The molecule has 4 rings (SSSR count). The maximum absolute atomic E-state index is 4.70. The number of rotatable bonds is 4. The Labute approximate surface area is 147 Å². The second kappa shape index (κ2) is 6.89. The van der Waals surface area contributed by atoms with Crippen molar-refractivity contribution in [1.29, 1.82) is 0 Å². The van der Waals surface area contributed by atoms with Crippen molar-refractivity contribution in [2.24, 2.45) is 0 Å². The van der Waals surface area contributed by atoms with Crippen LogP contribution >= 0.6 is 0 Å². The maximum atomic E-state index is 4.70. The van der Waals surface area contributed by atoms with Crippen LogP contribution in [0.1, 0.15) is 30.5 Å². The van der Waals surface area contributed by atoms with E-state index in [0.29, 0.717) is 5.95 Å². The Bertz CT molecular complexity index is 849. The van der Waals surface area contributed by atoms with Gasteiger partial charge in [-0.15, -0.1) is 5.10 Å². The first-order valence-corrected chi connectivity index (χ1v) is 8.68. The molecule has 25 heavy (non-hydrogen) atoms. The third kappa shape index (κ3) is 3.31. The minimum Gasteiger partial charge on any atom is -0.362 e. The van der Waals surface area contributed by atoms with E-state index in [4.69, 9.17) is 4.98 Å². The van der Waals surface area contributed by atoms with E-state index in [2.05, 4.69) is 63.7 Å². The number of hydrogen-bond donors (Lipinski definition) is 1. The molecule has 0 amide bonds. The van der Waals surface area contributed by atoms with Crippen LogP contribution in [0, 0.1) is 0 Å². The van der Waals surface area contributed by atoms with Crippen LogP contribution in [0.4, 0.5) is 17.5 Å². The van der Waals surface area contributed by atoms with Crippen molar-refractivity contribution < 1.29 is 0 Å². The smallest absolute Gasteiger partial charge is 0.251 e. The molecule has 1 unspecified atom stereocenters. The van der Waals surface area contributed by atoms with Crippen LogP contribution in [0.2, 0.25) is 0 Å². The van der Waals surface area contributed by atoms with E-state index >= 15 is 0 Å². The van der Waals surface area contributed by atoms with Gasteiger partial charge < -0.3 is 10.2 Å². The molecule has 1 aromatic heterocycles. The topological polar surface area (TPSA) is 53.9 Å². The molecule has 2 heterocycles. The van der Waals surface area contributed by atoms with Gasteiger partial charge in [-0.25, -0.2) is 0 Å². The molecule has 0 spiro atoms. The van der Waals surface area contributed by atoms with Crippen molar-refractivity contribution in [2.75, 3.05) is 16.8 Å². The van der Waals surface area contributed by atoms with Crippen LogP contribution in [0.5, 0.6) is 0 Å². The Morgan fingerprint density at radius 2 is 1.84 bits per heavy atom. The van der Waals surface area contributed by atoms with E-state index in [1.165, 1.54) is 16.8 Å². The fourth-order valence-corrected chi connectivity index (χ4v) is 3.27. The Morgan fingerprint density at radius 3 is 2.72 bits per heavy atom. The Balaban J connectivity index is 1.58. The molecular formula is C20H21N5. The van der Waals surface area contributed by atoms with Gasteiger partial charge in [-0.2, -0.15) is 10.1 Å². The van der Waals surface area contributed by atoms with E-state index in [1.807, 2.05) is 18.2 Å². The number of aryl methyl sites for hydroxylation is 1. The summed E-state index contributed by atoms with van der Waals surface area (Å²) in [7, 11) is 0. The summed E-state index contributed by atoms with van der Waals surface area (Å²) in [4.78, 5) is 6.86. The molecule has 5 nitrogen and oxygen atoms in total. The van der Waals surface area contributed by atoms with Gasteiger partial charge in [0.25, 0.3) is 5.95 Å². The molecular weight excluding hydrogens is 310 g/mol. The van der Waals surface area contributed by atoms with Gasteiger partial charge in [-0.1, -0.05) is 48.5 Å². The average molecular weight is 331 g/mol. The first-order chi connectivity index (χ1) is 12.3. The van der Waals surface area contributed by atoms with Gasteiger partial charge in [0.1, 0.15) is 0 Å². The molecule has 1 aliphatic rings. The number of benzene rings is 2. The van der Waals surface area contributed by atoms with Gasteiger partial charge in [-0.05, 0) is 37.0 Å². The molecule has 3 aromatic rings. The quantitative estimate of drug-likeness (QED) is 0.779. The Morgan fingerprint density at radius 1 is 1.04 bits per heavy atom. The summed E-state index contributed by atoms with van der Waals surface area (Å²) in [5.41, 5.74) is 3.74. The fourth-order valence-electron chi connectivity index (χ4n) is 3.27. The number of para-hydroxylation sites is 1. The standard InChI is InChI=1S/C20H21N5/c1-15(16-8-3-2-4-9-16)22-19-14-21-24-20(23-19)25-13-7-11-17-10-5-6-12-18(17)25/h2-6,8-10,12,14-15H,7,11,13H2,1H3,(H,22,23,24). The molecule has 0 fully saturated rings. The lowest BCUT2D eigenvalue weighted by atomic mass is 10.0. The average Bonchev–Trinajstić information content (AvgIpc) is 2.68. The Hall–Kier alpha value is -2.95. The first-order valence-electron chi connectivity index (χ1n) is 8.68. The highest BCUT2D eigenvalue weighted by atomic mass is 15.3. The largest absolute Gasteiger partial charge is 0.362 e. The summed E-state index contributed by atoms with van der Waals surface area (Å²) >= 11 is 0. The highest BCUT2D eigenvalue weighted by Gasteiger charge is 2.20. The van der Waals surface area contributed by atoms with Gasteiger partial charge in [0, 0.05) is 18.3 Å². The van der Waals surface area contributed by atoms with Gasteiger partial charge in [0.05, 0.1) is 6.20 Å². The maximum Gasteiger partial charge on any atom is 0.251 e. The molecule has 1 N–H and O–H groups in total. The predicted molar refractivity (Wildman–Crippen MR) is 100 cm³/mol. The van der Waals surface area contributed by atoms with Crippen molar-refractivity contribution in [3.63, 3.8) is 0 Å². The first kappa shape index (κ1) is 15.6. The molecule has 0 saturated heterocycles. The van der Waals surface area contributed by atoms with E-state index in [9.17, 15) is 0 Å². The summed E-state index contributed by atoms with van der Waals surface area (Å²) in [5, 5.41) is 11.9. The van der Waals surface area contributed by atoms with Crippen LogP contribution in [-0.4, -0.2) is 21.7 Å². The molecule has 0 aliphatic carbocycles. The van der Waals surface area contributed by atoms with Gasteiger partial charge in [0.15, 0.2) is 5.82 Å². The number of nitrogens with zero attached hydrogens (tertiary/aromatic N) is 4. The third-order valence-corrected chi connectivity index (χ3v) is 4.56. The summed E-state index contributed by atoms with van der Waals surface area (Å²) in [6.07, 6.45) is 3.88. The zero-order valence-corrected chi connectivity index (χ0v) is 14.3. The van der Waals surface area contributed by atoms with Crippen molar-refractivity contribution in [1.82, 2.24) is 15.2 Å². The lowest BCUT2D eigenvalue weighted by Gasteiger charge is -2.29. The summed E-state index contributed by atoms with van der Waals surface area (Å²) < 4.78 is 0. The van der Waals surface area contributed by atoms with E-state index in [1.54, 1.807) is 6.20 Å². The SMILES string of the molecule is CC(Nc1cnnc(N2CCCc3ccccc32)n1)c1ccccc1. The molecule has 2 aromatic carbocycles. The molecule has 126 valence electrons. The monoisotopic (exact) mass is 331 g/mol. The summed E-state index contributed by atoms with van der Waals surface area (Å²) in [6, 6.07) is 18.9. The number of nitrogens with one attached hydrogen (secondary N) is 1. The van der Waals surface area contributed by atoms with Crippen LogP contribution in [0.15, 0.2) is 60.8 Å². The van der Waals surface area contributed by atoms with E-state index in [-0.39, 0.29) is 6.04 Å². The predicted octanol–water partition coefficient (Wildman–Crippen LogP) is 4.13. The van der Waals surface area contributed by atoms with Crippen LogP contribution in [0.3, 0.4) is 0 Å². The highest BCUT2D eigenvalue weighted by Crippen LogP contribution is 2.31. The van der Waals surface area contributed by atoms with Crippen molar-refractivity contribution in [3.8, 4) is 0 Å². The lowest BCUT2D eigenvalue weighted by Crippen LogP contribution is -2.26. The van der Waals surface area contributed by atoms with E-state index < -0.39 is 0 Å². The normalized spacial score (nSPS) is 14.7.